The summed E-state index contributed by atoms with van der Waals surface area (Å²) in [7, 11) is 0. The summed E-state index contributed by atoms with van der Waals surface area (Å²) in [6.07, 6.45) is 5.12. The molecule has 1 saturated carbocycles. The third-order valence-electron chi connectivity index (χ3n) is 3.27. The van der Waals surface area contributed by atoms with Crippen molar-refractivity contribution in [3.63, 3.8) is 0 Å². The van der Waals surface area contributed by atoms with Gasteiger partial charge >= 0.3 is 0 Å². The average Bonchev–Trinajstić information content (AvgIpc) is 3.04. The molecule has 0 amide bonds. The largest absolute Gasteiger partial charge is 0.376 e. The number of hydrogen-bond donors (Lipinski definition) is 2. The summed E-state index contributed by atoms with van der Waals surface area (Å²) in [6.45, 7) is 1.74. The molecule has 1 saturated heterocycles. The lowest BCUT2D eigenvalue weighted by Gasteiger charge is -2.12. The Kier molecular flexibility index (Phi) is 3.11. The Balaban J connectivity index is 1.66. The molecule has 0 aromatic carbocycles. The zero-order valence-electron chi connectivity index (χ0n) is 9.74. The van der Waals surface area contributed by atoms with Crippen LogP contribution in [0.3, 0.4) is 0 Å². The molecule has 1 aromatic heterocycles. The molecule has 0 spiro atoms. The van der Waals surface area contributed by atoms with E-state index in [2.05, 4.69) is 15.3 Å². The molecule has 5 heteroatoms. The van der Waals surface area contributed by atoms with Crippen LogP contribution < -0.4 is 5.32 Å². The van der Waals surface area contributed by atoms with Crippen LogP contribution in [0.1, 0.15) is 37.4 Å². The van der Waals surface area contributed by atoms with Gasteiger partial charge in [0.25, 0.3) is 0 Å². The van der Waals surface area contributed by atoms with Gasteiger partial charge < -0.3 is 15.0 Å². The van der Waals surface area contributed by atoms with Crippen LogP contribution in [0, 0.1) is 4.64 Å². The van der Waals surface area contributed by atoms with Gasteiger partial charge in [0.05, 0.1) is 6.10 Å². The summed E-state index contributed by atoms with van der Waals surface area (Å²) in [5.41, 5.74) is 0. The molecule has 2 aliphatic rings. The fraction of sp³-hybridized carbons (Fsp3) is 0.667. The molecule has 3 rings (SSSR count). The van der Waals surface area contributed by atoms with Gasteiger partial charge in [-0.3, -0.25) is 0 Å². The van der Waals surface area contributed by atoms with E-state index in [-0.39, 0.29) is 0 Å². The summed E-state index contributed by atoms with van der Waals surface area (Å²) < 4.78 is 6.24. The molecule has 0 radical (unpaired) electrons. The number of aromatic amines is 1. The Morgan fingerprint density at radius 2 is 2.35 bits per heavy atom. The molecule has 1 atom stereocenters. The molecule has 2 heterocycles. The Hall–Kier alpha value is -0.940. The van der Waals surface area contributed by atoms with Crippen LogP contribution in [0.2, 0.25) is 0 Å². The lowest BCUT2D eigenvalue weighted by molar-refractivity contribution is 0.120. The van der Waals surface area contributed by atoms with Crippen molar-refractivity contribution < 1.29 is 4.74 Å². The minimum absolute atomic E-state index is 0.342. The van der Waals surface area contributed by atoms with Crippen molar-refractivity contribution in [2.24, 2.45) is 0 Å². The van der Waals surface area contributed by atoms with Crippen molar-refractivity contribution in [3.05, 3.63) is 16.5 Å². The number of ether oxygens (including phenoxy) is 1. The summed E-state index contributed by atoms with van der Waals surface area (Å²) in [4.78, 5) is 7.69. The standard InChI is InChI=1S/C12H17N3OS/c17-11-6-10(13-7-9-2-1-5-16-9)14-12(15-11)8-3-4-8/h6,8-9H,1-5,7H2,(H2,13,14,15,17). The summed E-state index contributed by atoms with van der Waals surface area (Å²) in [5, 5.41) is 3.36. The maximum Gasteiger partial charge on any atom is 0.131 e. The molecule has 92 valence electrons. The van der Waals surface area contributed by atoms with Crippen LogP contribution in [0.15, 0.2) is 6.07 Å². The quantitative estimate of drug-likeness (QED) is 0.808. The minimum Gasteiger partial charge on any atom is -0.376 e. The lowest BCUT2D eigenvalue weighted by Crippen LogP contribution is -2.19. The van der Waals surface area contributed by atoms with Gasteiger partial charge in [-0.15, -0.1) is 0 Å². The molecule has 1 unspecified atom stereocenters. The molecule has 1 aliphatic heterocycles. The van der Waals surface area contributed by atoms with Gasteiger partial charge in [0.1, 0.15) is 16.3 Å². The van der Waals surface area contributed by atoms with E-state index in [1.807, 2.05) is 6.07 Å². The van der Waals surface area contributed by atoms with Gasteiger partial charge in [-0.05, 0) is 25.7 Å². The second-order valence-electron chi connectivity index (χ2n) is 4.81. The van der Waals surface area contributed by atoms with E-state index in [1.165, 1.54) is 19.3 Å². The van der Waals surface area contributed by atoms with E-state index in [4.69, 9.17) is 17.0 Å². The Morgan fingerprint density at radius 3 is 3.06 bits per heavy atom. The molecule has 1 aromatic rings. The SMILES string of the molecule is S=c1cc(NCC2CCCO2)[nH]c(C2CC2)n1. The van der Waals surface area contributed by atoms with E-state index >= 15 is 0 Å². The zero-order valence-corrected chi connectivity index (χ0v) is 10.6. The zero-order chi connectivity index (χ0) is 11.7. The number of rotatable bonds is 4. The topological polar surface area (TPSA) is 49.9 Å². The van der Waals surface area contributed by atoms with E-state index < -0.39 is 0 Å². The molecular formula is C12H17N3OS. The lowest BCUT2D eigenvalue weighted by atomic mass is 10.2. The van der Waals surface area contributed by atoms with Crippen LogP contribution >= 0.6 is 12.2 Å². The summed E-state index contributed by atoms with van der Waals surface area (Å²) in [6, 6.07) is 1.89. The summed E-state index contributed by atoms with van der Waals surface area (Å²) in [5.74, 6) is 2.61. The molecule has 2 fully saturated rings. The summed E-state index contributed by atoms with van der Waals surface area (Å²) >= 11 is 5.18. The van der Waals surface area contributed by atoms with Gasteiger partial charge in [0.15, 0.2) is 0 Å². The van der Waals surface area contributed by atoms with Gasteiger partial charge in [0, 0.05) is 25.1 Å². The van der Waals surface area contributed by atoms with Gasteiger partial charge in [0.2, 0.25) is 0 Å². The average molecular weight is 251 g/mol. The number of hydrogen-bond acceptors (Lipinski definition) is 4. The van der Waals surface area contributed by atoms with Crippen molar-refractivity contribution in [2.75, 3.05) is 18.5 Å². The molecule has 1 aliphatic carbocycles. The Bertz CT molecular complexity index is 449. The highest BCUT2D eigenvalue weighted by Crippen LogP contribution is 2.38. The van der Waals surface area contributed by atoms with Crippen LogP contribution in [0.25, 0.3) is 0 Å². The fourth-order valence-electron chi connectivity index (χ4n) is 2.15. The monoisotopic (exact) mass is 251 g/mol. The van der Waals surface area contributed by atoms with E-state index in [0.717, 1.165) is 31.2 Å². The highest BCUT2D eigenvalue weighted by atomic mass is 32.1. The highest BCUT2D eigenvalue weighted by Gasteiger charge is 2.26. The van der Waals surface area contributed by atoms with Crippen LogP contribution in [-0.2, 0) is 4.74 Å². The van der Waals surface area contributed by atoms with Gasteiger partial charge in [-0.2, -0.15) is 0 Å². The minimum atomic E-state index is 0.342. The van der Waals surface area contributed by atoms with Crippen LogP contribution in [-0.4, -0.2) is 29.2 Å². The van der Waals surface area contributed by atoms with Gasteiger partial charge in [-0.25, -0.2) is 4.98 Å². The maximum absolute atomic E-state index is 5.58. The van der Waals surface area contributed by atoms with E-state index in [0.29, 0.717) is 16.7 Å². The van der Waals surface area contributed by atoms with Crippen LogP contribution in [0.4, 0.5) is 5.82 Å². The first kappa shape index (κ1) is 11.2. The van der Waals surface area contributed by atoms with Crippen molar-refractivity contribution in [2.45, 2.75) is 37.7 Å². The first-order valence-electron chi connectivity index (χ1n) is 6.28. The second-order valence-corrected chi connectivity index (χ2v) is 5.23. The van der Waals surface area contributed by atoms with Crippen molar-refractivity contribution in [1.29, 1.82) is 0 Å². The number of aromatic nitrogens is 2. The molecule has 17 heavy (non-hydrogen) atoms. The Labute approximate surface area is 106 Å². The maximum atomic E-state index is 5.58. The number of nitrogens with one attached hydrogen (secondary N) is 2. The molecule has 4 nitrogen and oxygen atoms in total. The predicted molar refractivity (Wildman–Crippen MR) is 68.9 cm³/mol. The predicted octanol–water partition coefficient (Wildman–Crippen LogP) is 2.61. The normalized spacial score (nSPS) is 23.9. The van der Waals surface area contributed by atoms with Gasteiger partial charge in [-0.1, -0.05) is 12.2 Å². The second kappa shape index (κ2) is 4.74. The molecule has 2 N–H and O–H groups in total. The fourth-order valence-corrected chi connectivity index (χ4v) is 2.37. The smallest absolute Gasteiger partial charge is 0.131 e. The number of anilines is 1. The van der Waals surface area contributed by atoms with Crippen molar-refractivity contribution in [3.8, 4) is 0 Å². The number of nitrogens with zero attached hydrogens (tertiary/aromatic N) is 1. The third kappa shape index (κ3) is 2.84. The van der Waals surface area contributed by atoms with E-state index in [1.54, 1.807) is 0 Å². The van der Waals surface area contributed by atoms with E-state index in [9.17, 15) is 0 Å². The first-order valence-corrected chi connectivity index (χ1v) is 6.69. The Morgan fingerprint density at radius 1 is 1.47 bits per heavy atom. The number of H-pyrrole nitrogens is 1. The molecular weight excluding hydrogens is 234 g/mol. The first-order chi connectivity index (χ1) is 8.31. The van der Waals surface area contributed by atoms with Crippen molar-refractivity contribution >= 4 is 18.0 Å². The van der Waals surface area contributed by atoms with Crippen LogP contribution in [0.5, 0.6) is 0 Å². The molecule has 0 bridgehead atoms. The van der Waals surface area contributed by atoms with Crippen molar-refractivity contribution in [1.82, 2.24) is 9.97 Å². The highest BCUT2D eigenvalue weighted by molar-refractivity contribution is 7.71. The third-order valence-corrected chi connectivity index (χ3v) is 3.48.